The third-order valence-electron chi connectivity index (χ3n) is 4.53. The van der Waals surface area contributed by atoms with E-state index in [1.165, 1.54) is 0 Å². The minimum absolute atomic E-state index is 0.0320. The number of ether oxygens (including phenoxy) is 1. The molecule has 2 heterocycles. The summed E-state index contributed by atoms with van der Waals surface area (Å²) in [6, 6.07) is 11.4. The predicted octanol–water partition coefficient (Wildman–Crippen LogP) is 2.18. The SMILES string of the molecule is COc1cccc(C2CC(C(=O)N[C@@H](C)c3ncccc3C)NN2)c1. The van der Waals surface area contributed by atoms with Crippen LogP contribution in [0.2, 0.25) is 0 Å². The first-order chi connectivity index (χ1) is 12.1. The molecule has 6 nitrogen and oxygen atoms in total. The number of rotatable bonds is 5. The maximum Gasteiger partial charge on any atom is 0.239 e. The van der Waals surface area contributed by atoms with Crippen molar-refractivity contribution >= 4 is 5.91 Å². The van der Waals surface area contributed by atoms with Crippen LogP contribution in [0.4, 0.5) is 0 Å². The molecule has 2 aromatic rings. The first kappa shape index (κ1) is 17.4. The summed E-state index contributed by atoms with van der Waals surface area (Å²) >= 11 is 0. The number of hydrogen-bond acceptors (Lipinski definition) is 5. The molecule has 1 aromatic carbocycles. The van der Waals surface area contributed by atoms with Gasteiger partial charge in [-0.15, -0.1) is 0 Å². The molecule has 132 valence electrons. The van der Waals surface area contributed by atoms with Gasteiger partial charge in [0.1, 0.15) is 11.8 Å². The number of benzene rings is 1. The van der Waals surface area contributed by atoms with E-state index in [9.17, 15) is 4.79 Å². The number of amides is 1. The number of aryl methyl sites for hydroxylation is 1. The molecule has 0 radical (unpaired) electrons. The summed E-state index contributed by atoms with van der Waals surface area (Å²) in [6.07, 6.45) is 2.42. The third-order valence-corrected chi connectivity index (χ3v) is 4.53. The summed E-state index contributed by atoms with van der Waals surface area (Å²) in [7, 11) is 1.65. The first-order valence-electron chi connectivity index (χ1n) is 8.45. The standard InChI is InChI=1S/C19H24N4O2/c1-12-6-5-9-20-18(12)13(2)21-19(24)17-11-16(22-23-17)14-7-4-8-15(10-14)25-3/h4-10,13,16-17,22-23H,11H2,1-3H3,(H,21,24)/t13-,16?,17?/m0/s1. The second kappa shape index (κ2) is 7.63. The van der Waals surface area contributed by atoms with Crippen molar-refractivity contribution in [1.29, 1.82) is 0 Å². The van der Waals surface area contributed by atoms with Crippen LogP contribution in [0.15, 0.2) is 42.6 Å². The molecule has 6 heteroatoms. The Bertz CT molecular complexity index is 750. The van der Waals surface area contributed by atoms with Crippen LogP contribution in [0.3, 0.4) is 0 Å². The lowest BCUT2D eigenvalue weighted by Gasteiger charge is -2.18. The monoisotopic (exact) mass is 340 g/mol. The number of nitrogens with zero attached hydrogens (tertiary/aromatic N) is 1. The Morgan fingerprint density at radius 2 is 2.16 bits per heavy atom. The van der Waals surface area contributed by atoms with Crippen LogP contribution < -0.4 is 20.9 Å². The Morgan fingerprint density at radius 3 is 2.92 bits per heavy atom. The Balaban J connectivity index is 1.61. The fourth-order valence-electron chi connectivity index (χ4n) is 3.14. The van der Waals surface area contributed by atoms with Gasteiger partial charge in [-0.05, 0) is 49.6 Å². The van der Waals surface area contributed by atoms with Crippen LogP contribution in [-0.2, 0) is 4.79 Å². The number of methoxy groups -OCH3 is 1. The molecule has 1 aliphatic heterocycles. The van der Waals surface area contributed by atoms with E-state index < -0.39 is 0 Å². The number of carbonyl (C=O) groups excluding carboxylic acids is 1. The molecular weight excluding hydrogens is 316 g/mol. The minimum atomic E-state index is -0.289. The minimum Gasteiger partial charge on any atom is -0.497 e. The fraction of sp³-hybridized carbons (Fsp3) is 0.368. The number of hydrazine groups is 1. The molecule has 2 unspecified atom stereocenters. The number of aromatic nitrogens is 1. The highest BCUT2D eigenvalue weighted by Gasteiger charge is 2.31. The fourth-order valence-corrected chi connectivity index (χ4v) is 3.14. The highest BCUT2D eigenvalue weighted by Crippen LogP contribution is 2.25. The van der Waals surface area contributed by atoms with E-state index in [1.807, 2.05) is 50.2 Å². The zero-order valence-corrected chi connectivity index (χ0v) is 14.7. The molecule has 0 spiro atoms. The van der Waals surface area contributed by atoms with Crippen LogP contribution in [0.1, 0.15) is 42.2 Å². The van der Waals surface area contributed by atoms with Gasteiger partial charge < -0.3 is 10.1 Å². The van der Waals surface area contributed by atoms with E-state index >= 15 is 0 Å². The second-order valence-corrected chi connectivity index (χ2v) is 6.34. The molecule has 0 saturated carbocycles. The van der Waals surface area contributed by atoms with Crippen molar-refractivity contribution in [3.8, 4) is 5.75 Å². The average molecular weight is 340 g/mol. The van der Waals surface area contributed by atoms with Gasteiger partial charge in [0.2, 0.25) is 5.91 Å². The maximum atomic E-state index is 12.6. The molecule has 0 aliphatic carbocycles. The predicted molar refractivity (Wildman–Crippen MR) is 95.9 cm³/mol. The molecule has 3 N–H and O–H groups in total. The number of pyridine rings is 1. The van der Waals surface area contributed by atoms with Gasteiger partial charge in [-0.1, -0.05) is 18.2 Å². The lowest BCUT2D eigenvalue weighted by Crippen LogP contribution is -2.44. The van der Waals surface area contributed by atoms with Crippen LogP contribution in [0, 0.1) is 6.92 Å². The summed E-state index contributed by atoms with van der Waals surface area (Å²) in [5.41, 5.74) is 9.35. The van der Waals surface area contributed by atoms with Gasteiger partial charge in [0, 0.05) is 12.2 Å². The van der Waals surface area contributed by atoms with Crippen molar-refractivity contribution in [2.75, 3.05) is 7.11 Å². The Hall–Kier alpha value is -2.44. The number of nitrogens with one attached hydrogen (secondary N) is 3. The quantitative estimate of drug-likeness (QED) is 0.778. The van der Waals surface area contributed by atoms with Crippen LogP contribution in [0.5, 0.6) is 5.75 Å². The van der Waals surface area contributed by atoms with Crippen LogP contribution in [-0.4, -0.2) is 24.0 Å². The van der Waals surface area contributed by atoms with Crippen molar-refractivity contribution in [2.45, 2.75) is 38.4 Å². The summed E-state index contributed by atoms with van der Waals surface area (Å²) < 4.78 is 5.27. The highest BCUT2D eigenvalue weighted by molar-refractivity contribution is 5.82. The van der Waals surface area contributed by atoms with Crippen molar-refractivity contribution in [1.82, 2.24) is 21.2 Å². The van der Waals surface area contributed by atoms with Gasteiger partial charge in [0.05, 0.1) is 18.8 Å². The zero-order chi connectivity index (χ0) is 17.8. The normalized spacial score (nSPS) is 20.9. The Kier molecular flexibility index (Phi) is 5.31. The molecule has 1 saturated heterocycles. The second-order valence-electron chi connectivity index (χ2n) is 6.34. The Labute approximate surface area is 148 Å². The van der Waals surface area contributed by atoms with Gasteiger partial charge in [-0.2, -0.15) is 0 Å². The Morgan fingerprint density at radius 1 is 1.32 bits per heavy atom. The summed E-state index contributed by atoms with van der Waals surface area (Å²) in [5.74, 6) is 0.780. The topological polar surface area (TPSA) is 75.3 Å². The van der Waals surface area contributed by atoms with Crippen LogP contribution >= 0.6 is 0 Å². The van der Waals surface area contributed by atoms with Crippen molar-refractivity contribution in [3.63, 3.8) is 0 Å². The molecule has 1 fully saturated rings. The van der Waals surface area contributed by atoms with E-state index in [0.717, 1.165) is 22.6 Å². The summed E-state index contributed by atoms with van der Waals surface area (Å²) in [6.45, 7) is 3.95. The molecule has 3 atom stereocenters. The molecule has 3 rings (SSSR count). The molecule has 1 aromatic heterocycles. The number of hydrogen-bond donors (Lipinski definition) is 3. The van der Waals surface area contributed by atoms with Gasteiger partial charge in [-0.3, -0.25) is 9.78 Å². The molecular formula is C19H24N4O2. The molecule has 1 aliphatic rings. The van der Waals surface area contributed by atoms with Crippen LogP contribution in [0.25, 0.3) is 0 Å². The van der Waals surface area contributed by atoms with Crippen molar-refractivity contribution in [3.05, 3.63) is 59.4 Å². The zero-order valence-electron chi connectivity index (χ0n) is 14.7. The highest BCUT2D eigenvalue weighted by atomic mass is 16.5. The third kappa shape index (κ3) is 3.97. The first-order valence-corrected chi connectivity index (χ1v) is 8.45. The van der Waals surface area contributed by atoms with Gasteiger partial charge in [0.15, 0.2) is 0 Å². The van der Waals surface area contributed by atoms with E-state index in [-0.39, 0.29) is 24.0 Å². The van der Waals surface area contributed by atoms with E-state index in [2.05, 4.69) is 21.2 Å². The number of carbonyl (C=O) groups is 1. The summed E-state index contributed by atoms with van der Waals surface area (Å²) in [4.78, 5) is 16.9. The van der Waals surface area contributed by atoms with Gasteiger partial charge >= 0.3 is 0 Å². The van der Waals surface area contributed by atoms with Crippen molar-refractivity contribution in [2.24, 2.45) is 0 Å². The molecule has 1 amide bonds. The molecule has 0 bridgehead atoms. The maximum absolute atomic E-state index is 12.6. The lowest BCUT2D eigenvalue weighted by molar-refractivity contribution is -0.123. The lowest BCUT2D eigenvalue weighted by atomic mass is 10.0. The van der Waals surface area contributed by atoms with Crippen molar-refractivity contribution < 1.29 is 9.53 Å². The average Bonchev–Trinajstić information content (AvgIpc) is 3.12. The van der Waals surface area contributed by atoms with E-state index in [1.54, 1.807) is 13.3 Å². The smallest absolute Gasteiger partial charge is 0.239 e. The van der Waals surface area contributed by atoms with Gasteiger partial charge in [0.25, 0.3) is 0 Å². The largest absolute Gasteiger partial charge is 0.497 e. The van der Waals surface area contributed by atoms with E-state index in [4.69, 9.17) is 4.74 Å². The molecule has 25 heavy (non-hydrogen) atoms. The van der Waals surface area contributed by atoms with E-state index in [0.29, 0.717) is 6.42 Å². The summed E-state index contributed by atoms with van der Waals surface area (Å²) in [5, 5.41) is 3.04. The van der Waals surface area contributed by atoms with Gasteiger partial charge in [-0.25, -0.2) is 10.9 Å².